The molecule has 24 heavy (non-hydrogen) atoms. The third-order valence-corrected chi connectivity index (χ3v) is 5.39. The van der Waals surface area contributed by atoms with Gasteiger partial charge in [0, 0.05) is 34.8 Å². The van der Waals surface area contributed by atoms with Gasteiger partial charge in [0.05, 0.1) is 5.69 Å². The number of aryl methyl sites for hydroxylation is 1. The van der Waals surface area contributed by atoms with Crippen LogP contribution in [-0.4, -0.2) is 27.6 Å². The van der Waals surface area contributed by atoms with Crippen LogP contribution in [0.25, 0.3) is 11.0 Å². The minimum absolute atomic E-state index is 0.138. The minimum Gasteiger partial charge on any atom is -0.352 e. The van der Waals surface area contributed by atoms with Crippen LogP contribution in [0.4, 0.5) is 0 Å². The summed E-state index contributed by atoms with van der Waals surface area (Å²) in [4.78, 5) is 18.1. The van der Waals surface area contributed by atoms with Crippen LogP contribution in [0, 0.1) is 6.92 Å². The van der Waals surface area contributed by atoms with Crippen molar-refractivity contribution in [1.82, 2.24) is 14.7 Å². The minimum atomic E-state index is -0.138. The first-order valence-electron chi connectivity index (χ1n) is 7.40. The molecule has 0 aliphatic heterocycles. The van der Waals surface area contributed by atoms with E-state index in [1.54, 1.807) is 17.8 Å². The number of fused-ring (bicyclic) bond motifs is 1. The number of thioether (sulfide) groups is 1. The summed E-state index contributed by atoms with van der Waals surface area (Å²) in [6.45, 7) is 2.67. The van der Waals surface area contributed by atoms with Crippen molar-refractivity contribution in [1.29, 1.82) is 0 Å². The molecule has 0 spiro atoms. The third kappa shape index (κ3) is 4.20. The second kappa shape index (κ2) is 7.88. The van der Waals surface area contributed by atoms with Gasteiger partial charge >= 0.3 is 0 Å². The summed E-state index contributed by atoms with van der Waals surface area (Å²) in [5.74, 6) is 0.686. The predicted octanol–water partition coefficient (Wildman–Crippen LogP) is 4.28. The molecule has 1 amide bonds. The molecular formula is C17H16ClN3OS2. The molecule has 0 fully saturated rings. The number of hydrogen-bond acceptors (Lipinski definition) is 4. The monoisotopic (exact) mass is 377 g/mol. The van der Waals surface area contributed by atoms with Crippen molar-refractivity contribution in [2.75, 3.05) is 12.3 Å². The van der Waals surface area contributed by atoms with E-state index >= 15 is 0 Å². The number of thiazole rings is 1. The fourth-order valence-corrected chi connectivity index (χ4v) is 3.89. The molecule has 0 atom stereocenters. The van der Waals surface area contributed by atoms with Gasteiger partial charge in [-0.25, -0.2) is 4.98 Å². The maximum absolute atomic E-state index is 11.9. The highest BCUT2D eigenvalue weighted by Gasteiger charge is 2.08. The Bertz CT molecular complexity index is 868. The van der Waals surface area contributed by atoms with Gasteiger partial charge < -0.3 is 5.32 Å². The lowest BCUT2D eigenvalue weighted by Gasteiger charge is -2.03. The van der Waals surface area contributed by atoms with Crippen LogP contribution in [0.15, 0.2) is 46.8 Å². The van der Waals surface area contributed by atoms with Gasteiger partial charge in [-0.15, -0.1) is 23.1 Å². The number of halogens is 1. The van der Waals surface area contributed by atoms with Crippen molar-refractivity contribution in [3.05, 3.63) is 58.3 Å². The molecule has 0 saturated heterocycles. The first-order valence-corrected chi connectivity index (χ1v) is 9.64. The topological polar surface area (TPSA) is 46.4 Å². The van der Waals surface area contributed by atoms with Gasteiger partial charge in [0.25, 0.3) is 0 Å². The number of rotatable bonds is 6. The van der Waals surface area contributed by atoms with E-state index in [1.165, 1.54) is 27.9 Å². The Balaban J connectivity index is 1.48. The number of benzene rings is 1. The SMILES string of the molecule is Cc1ccc(SCCNC(=O)/C=C/c2c(Cl)nc3sccn23)cc1. The number of imidazole rings is 1. The van der Waals surface area contributed by atoms with Gasteiger partial charge in [-0.1, -0.05) is 29.3 Å². The van der Waals surface area contributed by atoms with Crippen molar-refractivity contribution in [3.8, 4) is 0 Å². The average Bonchev–Trinajstić information content (AvgIpc) is 3.12. The van der Waals surface area contributed by atoms with E-state index in [0.29, 0.717) is 11.7 Å². The van der Waals surface area contributed by atoms with Crippen LogP contribution in [-0.2, 0) is 4.79 Å². The molecule has 0 radical (unpaired) electrons. The van der Waals surface area contributed by atoms with E-state index in [9.17, 15) is 4.79 Å². The highest BCUT2D eigenvalue weighted by Crippen LogP contribution is 2.22. The number of amides is 1. The Morgan fingerprint density at radius 3 is 3.00 bits per heavy atom. The highest BCUT2D eigenvalue weighted by atomic mass is 35.5. The lowest BCUT2D eigenvalue weighted by molar-refractivity contribution is -0.116. The molecule has 4 nitrogen and oxygen atoms in total. The summed E-state index contributed by atoms with van der Waals surface area (Å²) in [6.07, 6.45) is 5.07. The van der Waals surface area contributed by atoms with E-state index in [-0.39, 0.29) is 5.91 Å². The zero-order chi connectivity index (χ0) is 16.9. The fraction of sp³-hybridized carbons (Fsp3) is 0.176. The van der Waals surface area contributed by atoms with Crippen molar-refractivity contribution >= 4 is 51.6 Å². The van der Waals surface area contributed by atoms with E-state index in [2.05, 4.69) is 41.5 Å². The summed E-state index contributed by atoms with van der Waals surface area (Å²) in [5, 5.41) is 5.20. The molecule has 3 aromatic rings. The Labute approximate surface area is 153 Å². The lowest BCUT2D eigenvalue weighted by atomic mass is 10.2. The highest BCUT2D eigenvalue weighted by molar-refractivity contribution is 7.99. The molecule has 7 heteroatoms. The van der Waals surface area contributed by atoms with Gasteiger partial charge in [0.2, 0.25) is 5.91 Å². The molecule has 1 aromatic carbocycles. The van der Waals surface area contributed by atoms with Gasteiger partial charge in [0.15, 0.2) is 10.1 Å². The van der Waals surface area contributed by atoms with Crippen LogP contribution in [0.5, 0.6) is 0 Å². The van der Waals surface area contributed by atoms with Crippen LogP contribution in [0.1, 0.15) is 11.3 Å². The average molecular weight is 378 g/mol. The van der Waals surface area contributed by atoms with Gasteiger partial charge in [0.1, 0.15) is 0 Å². The van der Waals surface area contributed by atoms with Crippen LogP contribution in [0.3, 0.4) is 0 Å². The molecule has 124 valence electrons. The Kier molecular flexibility index (Phi) is 5.60. The standard InChI is InChI=1S/C17H16ClN3OS2/c1-12-2-4-13(5-3-12)23-10-8-19-15(22)7-6-14-16(18)20-17-21(14)9-11-24-17/h2-7,9,11H,8,10H2,1H3,(H,19,22)/b7-6+. The predicted molar refractivity (Wildman–Crippen MR) is 102 cm³/mol. The number of carbonyl (C=O) groups is 1. The van der Waals surface area contributed by atoms with E-state index in [4.69, 9.17) is 11.6 Å². The van der Waals surface area contributed by atoms with Crippen molar-refractivity contribution in [3.63, 3.8) is 0 Å². The molecule has 0 aliphatic rings. The van der Waals surface area contributed by atoms with Crippen LogP contribution >= 0.6 is 34.7 Å². The van der Waals surface area contributed by atoms with Crippen molar-refractivity contribution in [2.45, 2.75) is 11.8 Å². The molecule has 2 aromatic heterocycles. The maximum Gasteiger partial charge on any atom is 0.244 e. The van der Waals surface area contributed by atoms with Gasteiger partial charge in [-0.05, 0) is 25.1 Å². The van der Waals surface area contributed by atoms with E-state index in [0.717, 1.165) is 16.4 Å². The lowest BCUT2D eigenvalue weighted by Crippen LogP contribution is -2.23. The van der Waals surface area contributed by atoms with Crippen molar-refractivity contribution in [2.24, 2.45) is 0 Å². The zero-order valence-corrected chi connectivity index (χ0v) is 15.4. The van der Waals surface area contributed by atoms with Crippen molar-refractivity contribution < 1.29 is 4.79 Å². The number of aromatic nitrogens is 2. The Hall–Kier alpha value is -1.76. The zero-order valence-electron chi connectivity index (χ0n) is 13.0. The van der Waals surface area contributed by atoms with Crippen LogP contribution < -0.4 is 5.32 Å². The number of nitrogens with one attached hydrogen (secondary N) is 1. The molecular weight excluding hydrogens is 362 g/mol. The third-order valence-electron chi connectivity index (χ3n) is 3.34. The fourth-order valence-electron chi connectivity index (χ4n) is 2.12. The second-order valence-electron chi connectivity index (χ2n) is 5.13. The van der Waals surface area contributed by atoms with Gasteiger partial charge in [-0.2, -0.15) is 0 Å². The first-order chi connectivity index (χ1) is 11.6. The van der Waals surface area contributed by atoms with Gasteiger partial charge in [-0.3, -0.25) is 9.20 Å². The molecule has 0 saturated carbocycles. The van der Waals surface area contributed by atoms with Crippen LogP contribution in [0.2, 0.25) is 5.15 Å². The Morgan fingerprint density at radius 2 is 2.21 bits per heavy atom. The molecule has 0 aliphatic carbocycles. The van der Waals surface area contributed by atoms with E-state index in [1.807, 2.05) is 16.0 Å². The summed E-state index contributed by atoms with van der Waals surface area (Å²) in [6, 6.07) is 8.36. The summed E-state index contributed by atoms with van der Waals surface area (Å²) in [7, 11) is 0. The van der Waals surface area contributed by atoms with E-state index < -0.39 is 0 Å². The molecule has 3 rings (SSSR count). The molecule has 2 heterocycles. The number of carbonyl (C=O) groups excluding carboxylic acids is 1. The quantitative estimate of drug-likeness (QED) is 0.396. The first kappa shape index (κ1) is 17.1. The molecule has 0 bridgehead atoms. The molecule has 0 unspecified atom stereocenters. The summed E-state index contributed by atoms with van der Waals surface area (Å²) >= 11 is 9.31. The summed E-state index contributed by atoms with van der Waals surface area (Å²) < 4.78 is 1.87. The largest absolute Gasteiger partial charge is 0.352 e. The summed E-state index contributed by atoms with van der Waals surface area (Å²) in [5.41, 5.74) is 1.97. The second-order valence-corrected chi connectivity index (χ2v) is 7.53. The number of nitrogens with zero attached hydrogens (tertiary/aromatic N) is 2. The molecule has 1 N–H and O–H groups in total. The normalized spacial score (nSPS) is 11.4. The smallest absolute Gasteiger partial charge is 0.244 e. The number of hydrogen-bond donors (Lipinski definition) is 1. The maximum atomic E-state index is 11.9. The Morgan fingerprint density at radius 1 is 1.42 bits per heavy atom.